The predicted molar refractivity (Wildman–Crippen MR) is 63.4 cm³/mol. The molecule has 0 aliphatic carbocycles. The first kappa shape index (κ1) is 13.2. The minimum atomic E-state index is 0.406. The van der Waals surface area contributed by atoms with Crippen molar-refractivity contribution in [2.24, 2.45) is 5.41 Å². The van der Waals surface area contributed by atoms with Gasteiger partial charge in [-0.2, -0.15) is 0 Å². The molecule has 0 amide bonds. The highest BCUT2D eigenvalue weighted by Gasteiger charge is 2.15. The van der Waals surface area contributed by atoms with Crippen LogP contribution in [0, 0.1) is 5.41 Å². The Hall–Kier alpha value is -0.850. The molecule has 80 valence electrons. The van der Waals surface area contributed by atoms with E-state index >= 15 is 0 Å². The van der Waals surface area contributed by atoms with Crippen molar-refractivity contribution >= 4 is 0 Å². The lowest BCUT2D eigenvalue weighted by atomic mass is 9.84. The molecular weight excluding hydrogens is 170 g/mol. The van der Waals surface area contributed by atoms with Gasteiger partial charge in [0.25, 0.3) is 0 Å². The van der Waals surface area contributed by atoms with E-state index in [0.29, 0.717) is 5.41 Å². The SMILES string of the molecule is CC.CCC(C)(C)Cc1cccnc1. The lowest BCUT2D eigenvalue weighted by Crippen LogP contribution is -2.13. The van der Waals surface area contributed by atoms with Gasteiger partial charge in [0, 0.05) is 12.4 Å². The molecule has 0 spiro atoms. The van der Waals surface area contributed by atoms with Crippen molar-refractivity contribution in [3.05, 3.63) is 30.1 Å². The Morgan fingerprint density at radius 3 is 2.36 bits per heavy atom. The maximum Gasteiger partial charge on any atom is 0.0300 e. The molecule has 0 fully saturated rings. The third kappa shape index (κ3) is 5.00. The van der Waals surface area contributed by atoms with Crippen LogP contribution < -0.4 is 0 Å². The van der Waals surface area contributed by atoms with Crippen molar-refractivity contribution < 1.29 is 0 Å². The largest absolute Gasteiger partial charge is 0.264 e. The van der Waals surface area contributed by atoms with Crippen molar-refractivity contribution in [2.75, 3.05) is 0 Å². The van der Waals surface area contributed by atoms with E-state index in [-0.39, 0.29) is 0 Å². The second-order valence-corrected chi connectivity index (χ2v) is 4.06. The van der Waals surface area contributed by atoms with Crippen molar-refractivity contribution in [3.63, 3.8) is 0 Å². The molecule has 0 aromatic carbocycles. The van der Waals surface area contributed by atoms with Crippen LogP contribution >= 0.6 is 0 Å². The topological polar surface area (TPSA) is 12.9 Å². The molecule has 0 aliphatic heterocycles. The predicted octanol–water partition coefficient (Wildman–Crippen LogP) is 4.09. The minimum Gasteiger partial charge on any atom is -0.264 e. The van der Waals surface area contributed by atoms with Crippen LogP contribution in [0.25, 0.3) is 0 Å². The lowest BCUT2D eigenvalue weighted by Gasteiger charge is -2.22. The Morgan fingerprint density at radius 2 is 1.93 bits per heavy atom. The molecule has 1 rings (SSSR count). The number of rotatable bonds is 3. The Bertz CT molecular complexity index is 226. The molecule has 0 bridgehead atoms. The average molecular weight is 193 g/mol. The first-order chi connectivity index (χ1) is 6.64. The maximum absolute atomic E-state index is 4.10. The third-order valence-electron chi connectivity index (χ3n) is 2.36. The zero-order chi connectivity index (χ0) is 11.0. The smallest absolute Gasteiger partial charge is 0.0300 e. The van der Waals surface area contributed by atoms with Crippen LogP contribution in [0.3, 0.4) is 0 Å². The highest BCUT2D eigenvalue weighted by atomic mass is 14.6. The monoisotopic (exact) mass is 193 g/mol. The summed E-state index contributed by atoms with van der Waals surface area (Å²) in [5, 5.41) is 0. The molecule has 1 heterocycles. The van der Waals surface area contributed by atoms with E-state index in [0.717, 1.165) is 6.42 Å². The van der Waals surface area contributed by atoms with Gasteiger partial charge in [0.2, 0.25) is 0 Å². The second kappa shape index (κ2) is 6.58. The lowest BCUT2D eigenvalue weighted by molar-refractivity contribution is 0.349. The van der Waals surface area contributed by atoms with Crippen LogP contribution in [0.2, 0.25) is 0 Å². The number of hydrogen-bond donors (Lipinski definition) is 0. The number of aromatic nitrogens is 1. The van der Waals surface area contributed by atoms with Crippen molar-refractivity contribution in [2.45, 2.75) is 47.5 Å². The van der Waals surface area contributed by atoms with Gasteiger partial charge in [0.05, 0.1) is 0 Å². The Labute approximate surface area is 88.6 Å². The molecule has 0 aliphatic rings. The van der Waals surface area contributed by atoms with Gasteiger partial charge in [-0.25, -0.2) is 0 Å². The Balaban J connectivity index is 0.000000791. The molecule has 0 N–H and O–H groups in total. The minimum absolute atomic E-state index is 0.406. The highest BCUT2D eigenvalue weighted by Crippen LogP contribution is 2.24. The second-order valence-electron chi connectivity index (χ2n) is 4.06. The highest BCUT2D eigenvalue weighted by molar-refractivity contribution is 5.10. The summed E-state index contributed by atoms with van der Waals surface area (Å²) in [5.74, 6) is 0. The summed E-state index contributed by atoms with van der Waals surface area (Å²) in [5.41, 5.74) is 1.74. The standard InChI is InChI=1S/C11H17N.C2H6/c1-4-11(2,3)8-10-6-5-7-12-9-10;1-2/h5-7,9H,4,8H2,1-3H3;1-2H3. The van der Waals surface area contributed by atoms with E-state index in [2.05, 4.69) is 31.8 Å². The van der Waals surface area contributed by atoms with E-state index in [4.69, 9.17) is 0 Å². The van der Waals surface area contributed by atoms with Crippen molar-refractivity contribution in [3.8, 4) is 0 Å². The number of pyridine rings is 1. The molecule has 1 aromatic heterocycles. The molecule has 0 unspecified atom stereocenters. The maximum atomic E-state index is 4.10. The summed E-state index contributed by atoms with van der Waals surface area (Å²) in [7, 11) is 0. The fraction of sp³-hybridized carbons (Fsp3) is 0.615. The summed E-state index contributed by atoms with van der Waals surface area (Å²) in [6.07, 6.45) is 6.11. The summed E-state index contributed by atoms with van der Waals surface area (Å²) in [6, 6.07) is 4.14. The Kier molecular flexibility index (Phi) is 6.18. The molecule has 14 heavy (non-hydrogen) atoms. The van der Waals surface area contributed by atoms with Gasteiger partial charge in [0.15, 0.2) is 0 Å². The zero-order valence-electron chi connectivity index (χ0n) is 10.2. The van der Waals surface area contributed by atoms with Crippen LogP contribution in [0.1, 0.15) is 46.6 Å². The van der Waals surface area contributed by atoms with Gasteiger partial charge < -0.3 is 0 Å². The van der Waals surface area contributed by atoms with Crippen molar-refractivity contribution in [1.29, 1.82) is 0 Å². The average Bonchev–Trinajstić information content (AvgIpc) is 2.22. The van der Waals surface area contributed by atoms with Gasteiger partial charge in [0.1, 0.15) is 0 Å². The summed E-state index contributed by atoms with van der Waals surface area (Å²) < 4.78 is 0. The number of nitrogens with zero attached hydrogens (tertiary/aromatic N) is 1. The molecule has 1 heteroatoms. The van der Waals surface area contributed by atoms with E-state index < -0.39 is 0 Å². The van der Waals surface area contributed by atoms with Gasteiger partial charge in [-0.1, -0.05) is 47.1 Å². The van der Waals surface area contributed by atoms with Gasteiger partial charge in [-0.05, 0) is 23.5 Å². The fourth-order valence-electron chi connectivity index (χ4n) is 1.18. The molecule has 0 atom stereocenters. The van der Waals surface area contributed by atoms with Crippen molar-refractivity contribution in [1.82, 2.24) is 4.98 Å². The normalized spacial score (nSPS) is 10.4. The quantitative estimate of drug-likeness (QED) is 0.704. The van der Waals surface area contributed by atoms with E-state index in [1.54, 1.807) is 0 Å². The first-order valence-corrected chi connectivity index (χ1v) is 5.53. The number of hydrogen-bond acceptors (Lipinski definition) is 1. The van der Waals surface area contributed by atoms with Crippen LogP contribution in [0.4, 0.5) is 0 Å². The Morgan fingerprint density at radius 1 is 1.29 bits per heavy atom. The molecule has 0 radical (unpaired) electrons. The fourth-order valence-corrected chi connectivity index (χ4v) is 1.18. The summed E-state index contributed by atoms with van der Waals surface area (Å²) in [4.78, 5) is 4.10. The van der Waals surface area contributed by atoms with Crippen LogP contribution in [-0.2, 0) is 6.42 Å². The van der Waals surface area contributed by atoms with E-state index in [1.807, 2.05) is 32.3 Å². The van der Waals surface area contributed by atoms with Gasteiger partial charge in [-0.15, -0.1) is 0 Å². The van der Waals surface area contributed by atoms with Gasteiger partial charge in [-0.3, -0.25) is 4.98 Å². The molecule has 0 saturated heterocycles. The molecule has 0 saturated carbocycles. The molecule has 1 aromatic rings. The van der Waals surface area contributed by atoms with Crippen LogP contribution in [-0.4, -0.2) is 4.98 Å². The summed E-state index contributed by atoms with van der Waals surface area (Å²) in [6.45, 7) is 10.8. The summed E-state index contributed by atoms with van der Waals surface area (Å²) >= 11 is 0. The van der Waals surface area contributed by atoms with E-state index in [1.165, 1.54) is 12.0 Å². The van der Waals surface area contributed by atoms with Gasteiger partial charge >= 0.3 is 0 Å². The molecule has 1 nitrogen and oxygen atoms in total. The molecular formula is C13H23N. The third-order valence-corrected chi connectivity index (χ3v) is 2.36. The first-order valence-electron chi connectivity index (χ1n) is 5.53. The zero-order valence-corrected chi connectivity index (χ0v) is 10.2. The van der Waals surface area contributed by atoms with Crippen LogP contribution in [0.5, 0.6) is 0 Å². The van der Waals surface area contributed by atoms with Crippen LogP contribution in [0.15, 0.2) is 24.5 Å². The van der Waals surface area contributed by atoms with E-state index in [9.17, 15) is 0 Å².